The first-order chi connectivity index (χ1) is 14.5. The number of nitrogens with zero attached hydrogens (tertiary/aromatic N) is 2. The quantitative estimate of drug-likeness (QED) is 0.513. The molecular formula is C22H18N4O4. The van der Waals surface area contributed by atoms with Gasteiger partial charge in [0, 0.05) is 35.7 Å². The van der Waals surface area contributed by atoms with Crippen LogP contribution in [-0.2, 0) is 4.79 Å². The lowest BCUT2D eigenvalue weighted by Gasteiger charge is -2.31. The lowest BCUT2D eigenvalue weighted by molar-refractivity contribution is -0.384. The first-order valence-electron chi connectivity index (χ1n) is 9.72. The van der Waals surface area contributed by atoms with Crippen molar-refractivity contribution in [1.29, 1.82) is 0 Å². The van der Waals surface area contributed by atoms with Crippen molar-refractivity contribution < 1.29 is 9.72 Å². The third kappa shape index (κ3) is 2.76. The van der Waals surface area contributed by atoms with E-state index in [1.54, 1.807) is 12.1 Å². The van der Waals surface area contributed by atoms with Crippen LogP contribution in [0.25, 0.3) is 5.69 Å². The minimum Gasteiger partial charge on any atom is -0.343 e. The molecule has 0 spiro atoms. The molecule has 0 fully saturated rings. The number of nitro benzene ring substituents is 1. The molecule has 2 heterocycles. The number of aromatic amines is 1. The summed E-state index contributed by atoms with van der Waals surface area (Å²) in [5.41, 5.74) is 2.57. The van der Waals surface area contributed by atoms with Gasteiger partial charge in [0.05, 0.1) is 16.2 Å². The Kier molecular flexibility index (Phi) is 4.13. The molecule has 2 N–H and O–H groups in total. The van der Waals surface area contributed by atoms with Crippen molar-refractivity contribution in [3.05, 3.63) is 97.5 Å². The van der Waals surface area contributed by atoms with Crippen LogP contribution in [0.5, 0.6) is 0 Å². The van der Waals surface area contributed by atoms with Crippen molar-refractivity contribution >= 4 is 17.3 Å². The number of Topliss-reactive ketones (excluding diaryl/α,β-unsaturated/α-hetero) is 1. The van der Waals surface area contributed by atoms with Crippen LogP contribution in [0.15, 0.2) is 70.7 Å². The average molecular weight is 402 g/mol. The number of para-hydroxylation sites is 1. The molecular weight excluding hydrogens is 384 g/mol. The number of nitrogens with one attached hydrogen (secondary N) is 2. The molecule has 1 atom stereocenters. The summed E-state index contributed by atoms with van der Waals surface area (Å²) < 4.78 is 1.44. The van der Waals surface area contributed by atoms with Gasteiger partial charge in [0.1, 0.15) is 5.82 Å². The van der Waals surface area contributed by atoms with Crippen molar-refractivity contribution in [1.82, 2.24) is 9.78 Å². The van der Waals surface area contributed by atoms with E-state index in [1.165, 1.54) is 16.8 Å². The molecule has 2 aromatic carbocycles. The number of nitro groups is 1. The van der Waals surface area contributed by atoms with Crippen molar-refractivity contribution in [3.63, 3.8) is 0 Å². The summed E-state index contributed by atoms with van der Waals surface area (Å²) >= 11 is 0. The number of H-pyrrole nitrogens is 1. The van der Waals surface area contributed by atoms with Gasteiger partial charge in [-0.1, -0.05) is 30.3 Å². The molecule has 1 aromatic heterocycles. The molecule has 8 heteroatoms. The van der Waals surface area contributed by atoms with Crippen LogP contribution in [0.1, 0.15) is 36.3 Å². The number of rotatable bonds is 3. The second kappa shape index (κ2) is 6.84. The van der Waals surface area contributed by atoms with E-state index in [-0.39, 0.29) is 17.0 Å². The molecule has 5 rings (SSSR count). The van der Waals surface area contributed by atoms with Crippen LogP contribution in [-0.4, -0.2) is 20.5 Å². The molecule has 8 nitrogen and oxygen atoms in total. The Morgan fingerprint density at radius 2 is 1.83 bits per heavy atom. The van der Waals surface area contributed by atoms with Crippen LogP contribution in [0.4, 0.5) is 11.5 Å². The lowest BCUT2D eigenvalue weighted by atomic mass is 9.77. The summed E-state index contributed by atoms with van der Waals surface area (Å²) in [5, 5.41) is 17.7. The summed E-state index contributed by atoms with van der Waals surface area (Å²) in [6.45, 7) is 0. The van der Waals surface area contributed by atoms with Gasteiger partial charge < -0.3 is 5.32 Å². The summed E-state index contributed by atoms with van der Waals surface area (Å²) in [4.78, 5) is 37.2. The van der Waals surface area contributed by atoms with Crippen LogP contribution < -0.4 is 10.9 Å². The summed E-state index contributed by atoms with van der Waals surface area (Å²) in [7, 11) is 0. The fraction of sp³-hybridized carbons (Fsp3) is 0.182. The highest BCUT2D eigenvalue weighted by atomic mass is 16.6. The first-order valence-corrected chi connectivity index (χ1v) is 9.72. The van der Waals surface area contributed by atoms with Gasteiger partial charge in [-0.05, 0) is 30.5 Å². The second-order valence-corrected chi connectivity index (χ2v) is 7.46. The smallest absolute Gasteiger partial charge is 0.277 e. The molecule has 0 saturated carbocycles. The number of carbonyl (C=O) groups excluding carboxylic acids is 1. The van der Waals surface area contributed by atoms with E-state index in [1.807, 2.05) is 30.3 Å². The monoisotopic (exact) mass is 402 g/mol. The normalized spacial score (nSPS) is 17.9. The zero-order valence-corrected chi connectivity index (χ0v) is 15.9. The number of hydrogen-bond donors (Lipinski definition) is 2. The van der Waals surface area contributed by atoms with Crippen LogP contribution >= 0.6 is 0 Å². The zero-order valence-electron chi connectivity index (χ0n) is 15.9. The van der Waals surface area contributed by atoms with Crippen LogP contribution in [0, 0.1) is 10.1 Å². The number of carbonyl (C=O) groups is 1. The first kappa shape index (κ1) is 18.1. The predicted molar refractivity (Wildman–Crippen MR) is 111 cm³/mol. The number of allylic oxidation sites excluding steroid dienone is 2. The van der Waals surface area contributed by atoms with E-state index in [0.717, 1.165) is 12.1 Å². The largest absolute Gasteiger partial charge is 0.343 e. The number of ketones is 1. The minimum absolute atomic E-state index is 0.0298. The molecule has 1 aliphatic heterocycles. The standard InChI is InChI=1S/C22H18N4O4/c27-17-11-5-10-16-19(17)18(13-6-4-9-15(12-13)26(29)30)20-21(23-16)24-25(22(20)28)14-7-2-1-3-8-14/h1-4,6-9,12,18,23-24H,5,10-11H2. The molecule has 0 amide bonds. The predicted octanol–water partition coefficient (Wildman–Crippen LogP) is 3.64. The Hall–Kier alpha value is -3.94. The Morgan fingerprint density at radius 3 is 2.60 bits per heavy atom. The third-order valence-corrected chi connectivity index (χ3v) is 5.66. The van der Waals surface area contributed by atoms with Crippen molar-refractivity contribution in [2.45, 2.75) is 25.2 Å². The molecule has 150 valence electrons. The molecule has 1 unspecified atom stereocenters. The maximum absolute atomic E-state index is 13.4. The van der Waals surface area contributed by atoms with Crippen molar-refractivity contribution in [3.8, 4) is 5.69 Å². The van der Waals surface area contributed by atoms with Gasteiger partial charge in [-0.2, -0.15) is 0 Å². The van der Waals surface area contributed by atoms with Gasteiger partial charge in [0.15, 0.2) is 5.78 Å². The maximum Gasteiger partial charge on any atom is 0.277 e. The molecule has 0 bridgehead atoms. The Morgan fingerprint density at radius 1 is 1.03 bits per heavy atom. The van der Waals surface area contributed by atoms with E-state index in [0.29, 0.717) is 41.0 Å². The number of non-ortho nitro benzene ring substituents is 1. The SMILES string of the molecule is O=C1CCCC2=C1C(c1cccc([N+](=O)[O-])c1)c1c([nH]n(-c3ccccc3)c1=O)N2. The number of aromatic nitrogens is 2. The second-order valence-electron chi connectivity index (χ2n) is 7.46. The van der Waals surface area contributed by atoms with Gasteiger partial charge >= 0.3 is 0 Å². The number of benzene rings is 2. The number of hydrogen-bond acceptors (Lipinski definition) is 5. The Labute approximate surface area is 171 Å². The zero-order chi connectivity index (χ0) is 20.8. The fourth-order valence-electron chi connectivity index (χ4n) is 4.35. The van der Waals surface area contributed by atoms with E-state index in [2.05, 4.69) is 10.4 Å². The highest BCUT2D eigenvalue weighted by Gasteiger charge is 2.39. The fourth-order valence-corrected chi connectivity index (χ4v) is 4.35. The Bertz CT molecular complexity index is 1270. The van der Waals surface area contributed by atoms with E-state index in [9.17, 15) is 19.7 Å². The van der Waals surface area contributed by atoms with E-state index < -0.39 is 10.8 Å². The van der Waals surface area contributed by atoms with Gasteiger partial charge in [-0.15, -0.1) is 0 Å². The lowest BCUT2D eigenvalue weighted by Crippen LogP contribution is -2.29. The third-order valence-electron chi connectivity index (χ3n) is 5.66. The van der Waals surface area contributed by atoms with Gasteiger partial charge in [-0.25, -0.2) is 4.68 Å². The summed E-state index contributed by atoms with van der Waals surface area (Å²) in [5.74, 6) is -0.163. The molecule has 2 aliphatic rings. The van der Waals surface area contributed by atoms with E-state index >= 15 is 0 Å². The molecule has 30 heavy (non-hydrogen) atoms. The summed E-state index contributed by atoms with van der Waals surface area (Å²) in [6.07, 6.45) is 1.81. The molecule has 0 radical (unpaired) electrons. The van der Waals surface area contributed by atoms with E-state index in [4.69, 9.17) is 0 Å². The van der Waals surface area contributed by atoms with Crippen molar-refractivity contribution in [2.24, 2.45) is 0 Å². The van der Waals surface area contributed by atoms with Gasteiger partial charge in [0.2, 0.25) is 0 Å². The van der Waals surface area contributed by atoms with Crippen LogP contribution in [0.3, 0.4) is 0 Å². The highest BCUT2D eigenvalue weighted by Crippen LogP contribution is 2.44. The van der Waals surface area contributed by atoms with Gasteiger partial charge in [0.25, 0.3) is 11.2 Å². The highest BCUT2D eigenvalue weighted by molar-refractivity contribution is 6.01. The molecule has 3 aromatic rings. The molecule has 0 saturated heterocycles. The van der Waals surface area contributed by atoms with Crippen molar-refractivity contribution in [2.75, 3.05) is 5.32 Å². The molecule has 1 aliphatic carbocycles. The minimum atomic E-state index is -0.655. The maximum atomic E-state index is 13.4. The Balaban J connectivity index is 1.75. The average Bonchev–Trinajstić information content (AvgIpc) is 3.09. The van der Waals surface area contributed by atoms with Gasteiger partial charge in [-0.3, -0.25) is 24.8 Å². The van der Waals surface area contributed by atoms with Crippen LogP contribution in [0.2, 0.25) is 0 Å². The summed E-state index contributed by atoms with van der Waals surface area (Å²) in [6, 6.07) is 15.3. The number of fused-ring (bicyclic) bond motifs is 1. The topological polar surface area (TPSA) is 110 Å². The number of anilines is 1.